The second kappa shape index (κ2) is 6.54. The average Bonchev–Trinajstić information content (AvgIpc) is 2.88. The monoisotopic (exact) mass is 432 g/mol. The van der Waals surface area contributed by atoms with Gasteiger partial charge in [0.1, 0.15) is 5.82 Å². The normalized spacial score (nSPS) is 13.3. The number of alkyl halides is 6. The molecule has 0 fully saturated rings. The van der Waals surface area contributed by atoms with E-state index in [4.69, 9.17) is 5.73 Å². The van der Waals surface area contributed by atoms with Gasteiger partial charge >= 0.3 is 12.4 Å². The lowest BCUT2D eigenvalue weighted by atomic mass is 9.87. The second-order valence-corrected chi connectivity index (χ2v) is 7.90. The summed E-state index contributed by atoms with van der Waals surface area (Å²) in [4.78, 5) is 10.3. The summed E-state index contributed by atoms with van der Waals surface area (Å²) in [6.45, 7) is 9.03. The van der Waals surface area contributed by atoms with E-state index < -0.39 is 46.1 Å². The number of nitrogens with two attached hydrogens (primary N) is 1. The zero-order chi connectivity index (χ0) is 22.8. The molecule has 6 nitrogen and oxygen atoms in total. The van der Waals surface area contributed by atoms with Crippen LogP contribution in [0.15, 0.2) is 6.20 Å². The number of pyridine rings is 1. The van der Waals surface area contributed by atoms with Crippen LogP contribution in [-0.2, 0) is 17.8 Å². The van der Waals surface area contributed by atoms with Crippen LogP contribution in [0.2, 0.25) is 0 Å². The first-order valence-corrected chi connectivity index (χ1v) is 8.71. The number of rotatable bonds is 1. The third-order valence-electron chi connectivity index (χ3n) is 4.48. The molecule has 0 spiro atoms. The van der Waals surface area contributed by atoms with Gasteiger partial charge in [-0.05, 0) is 25.0 Å². The van der Waals surface area contributed by atoms with Crippen molar-refractivity contribution in [3.63, 3.8) is 0 Å². The van der Waals surface area contributed by atoms with E-state index in [2.05, 4.69) is 20.1 Å². The number of hydrogen-bond acceptors (Lipinski definition) is 5. The quantitative estimate of drug-likeness (QED) is 0.562. The summed E-state index contributed by atoms with van der Waals surface area (Å²) in [5, 5.41) is 3.10. The van der Waals surface area contributed by atoms with Gasteiger partial charge in [-0.25, -0.2) is 14.6 Å². The summed E-state index contributed by atoms with van der Waals surface area (Å²) in [6, 6.07) is 0. The molecule has 0 saturated heterocycles. The van der Waals surface area contributed by atoms with Crippen LogP contribution in [0.5, 0.6) is 0 Å². The molecule has 0 amide bonds. The average molecular weight is 432 g/mol. The molecule has 0 unspecified atom stereocenters. The van der Waals surface area contributed by atoms with E-state index in [1.165, 1.54) is 6.20 Å². The zero-order valence-corrected chi connectivity index (χ0v) is 16.7. The van der Waals surface area contributed by atoms with Crippen LogP contribution in [0.3, 0.4) is 0 Å². The van der Waals surface area contributed by atoms with Crippen molar-refractivity contribution in [3.05, 3.63) is 34.5 Å². The number of anilines is 1. The third kappa shape index (κ3) is 3.54. The Morgan fingerprint density at radius 2 is 1.50 bits per heavy atom. The number of nitrogen functional groups attached to an aromatic ring is 1. The molecule has 3 aromatic rings. The van der Waals surface area contributed by atoms with E-state index in [0.717, 1.165) is 4.68 Å². The van der Waals surface area contributed by atoms with Crippen LogP contribution in [-0.4, -0.2) is 24.7 Å². The summed E-state index contributed by atoms with van der Waals surface area (Å²) in [7, 11) is 0. The second-order valence-electron chi connectivity index (χ2n) is 7.90. The first kappa shape index (κ1) is 21.8. The van der Waals surface area contributed by atoms with Gasteiger partial charge in [-0.2, -0.15) is 26.3 Å². The van der Waals surface area contributed by atoms with Crippen LogP contribution < -0.4 is 5.73 Å². The van der Waals surface area contributed by atoms with Crippen LogP contribution in [0.25, 0.3) is 16.7 Å². The Morgan fingerprint density at radius 1 is 0.900 bits per heavy atom. The first-order chi connectivity index (χ1) is 13.5. The van der Waals surface area contributed by atoms with Gasteiger partial charge in [-0.15, -0.1) is 5.10 Å². The van der Waals surface area contributed by atoms with Crippen LogP contribution >= 0.6 is 0 Å². The Hall–Kier alpha value is -2.92. The predicted molar refractivity (Wildman–Crippen MR) is 97.0 cm³/mol. The molecule has 0 atom stereocenters. The van der Waals surface area contributed by atoms with Gasteiger partial charge < -0.3 is 5.73 Å². The molecule has 3 rings (SSSR count). The molecule has 0 radical (unpaired) electrons. The Balaban J connectivity index is 2.43. The molecule has 0 aliphatic rings. The minimum atomic E-state index is -5.19. The molecule has 0 aliphatic carbocycles. The highest BCUT2D eigenvalue weighted by molar-refractivity contribution is 5.90. The van der Waals surface area contributed by atoms with Crippen molar-refractivity contribution in [3.8, 4) is 5.69 Å². The highest BCUT2D eigenvalue weighted by Crippen LogP contribution is 2.39. The van der Waals surface area contributed by atoms with Crippen molar-refractivity contribution in [2.45, 2.75) is 52.4 Å². The molecule has 3 heterocycles. The maximum atomic E-state index is 13.5. The lowest BCUT2D eigenvalue weighted by Crippen LogP contribution is -2.18. The van der Waals surface area contributed by atoms with E-state index >= 15 is 0 Å². The van der Waals surface area contributed by atoms with Gasteiger partial charge in [0.2, 0.25) is 5.82 Å². The summed E-state index contributed by atoms with van der Waals surface area (Å²) in [5.41, 5.74) is 5.02. The lowest BCUT2D eigenvalue weighted by molar-refractivity contribution is -0.151. The van der Waals surface area contributed by atoms with Gasteiger partial charge in [-0.1, -0.05) is 20.8 Å². The Kier molecular flexibility index (Phi) is 4.75. The standard InChI is InChI=1S/C18H18F6N6/c1-7-6-26-11(16(3,4)5)8(2)10(7)30-13(25)9-12(17(19,20)21)27-15(18(22,23)24)28-14(9)29-30/h6H,25H2,1-5H3. The fourth-order valence-electron chi connectivity index (χ4n) is 3.32. The molecule has 3 aromatic heterocycles. The van der Waals surface area contributed by atoms with Crippen molar-refractivity contribution < 1.29 is 26.3 Å². The molecule has 0 bridgehead atoms. The molecule has 12 heteroatoms. The van der Waals surface area contributed by atoms with Gasteiger partial charge in [0, 0.05) is 11.6 Å². The van der Waals surface area contributed by atoms with E-state index in [-0.39, 0.29) is 0 Å². The molecule has 0 aromatic carbocycles. The molecule has 162 valence electrons. The van der Waals surface area contributed by atoms with Gasteiger partial charge in [0.25, 0.3) is 0 Å². The molecular formula is C18H18F6N6. The summed E-state index contributed by atoms with van der Waals surface area (Å²) < 4.78 is 80.6. The summed E-state index contributed by atoms with van der Waals surface area (Å²) in [6.07, 6.45) is -8.87. The number of nitrogens with zero attached hydrogens (tertiary/aromatic N) is 5. The molecule has 2 N–H and O–H groups in total. The minimum Gasteiger partial charge on any atom is -0.383 e. The van der Waals surface area contributed by atoms with E-state index in [0.29, 0.717) is 22.5 Å². The molecular weight excluding hydrogens is 414 g/mol. The van der Waals surface area contributed by atoms with E-state index in [1.807, 2.05) is 20.8 Å². The van der Waals surface area contributed by atoms with Gasteiger partial charge in [-0.3, -0.25) is 4.98 Å². The number of hydrogen-bond donors (Lipinski definition) is 1. The van der Waals surface area contributed by atoms with E-state index in [9.17, 15) is 26.3 Å². The predicted octanol–water partition coefficient (Wildman–Crippen LogP) is 4.74. The lowest BCUT2D eigenvalue weighted by Gasteiger charge is -2.23. The minimum absolute atomic E-state index is 0.326. The van der Waals surface area contributed by atoms with Crippen molar-refractivity contribution >= 4 is 16.9 Å². The Morgan fingerprint density at radius 3 is 2.00 bits per heavy atom. The first-order valence-electron chi connectivity index (χ1n) is 8.71. The number of halogens is 6. The van der Waals surface area contributed by atoms with Crippen molar-refractivity contribution in [1.82, 2.24) is 24.7 Å². The van der Waals surface area contributed by atoms with Gasteiger partial charge in [0.15, 0.2) is 11.3 Å². The maximum absolute atomic E-state index is 13.5. The molecule has 0 saturated carbocycles. The topological polar surface area (TPSA) is 82.5 Å². The Bertz CT molecular complexity index is 1140. The molecule has 0 aliphatic heterocycles. The van der Waals surface area contributed by atoms with Crippen molar-refractivity contribution in [2.24, 2.45) is 0 Å². The summed E-state index contributed by atoms with van der Waals surface area (Å²) in [5.74, 6) is -2.45. The van der Waals surface area contributed by atoms with Crippen molar-refractivity contribution in [2.75, 3.05) is 5.73 Å². The van der Waals surface area contributed by atoms with Crippen molar-refractivity contribution in [1.29, 1.82) is 0 Å². The Labute approximate surface area is 167 Å². The largest absolute Gasteiger partial charge is 0.451 e. The maximum Gasteiger partial charge on any atom is 0.451 e. The number of aryl methyl sites for hydroxylation is 1. The molecule has 30 heavy (non-hydrogen) atoms. The highest BCUT2D eigenvalue weighted by Gasteiger charge is 2.43. The number of fused-ring (bicyclic) bond motifs is 1. The third-order valence-corrected chi connectivity index (χ3v) is 4.48. The van der Waals surface area contributed by atoms with Crippen LogP contribution in [0.1, 0.15) is 49.1 Å². The highest BCUT2D eigenvalue weighted by atomic mass is 19.4. The van der Waals surface area contributed by atoms with E-state index in [1.54, 1.807) is 13.8 Å². The van der Waals surface area contributed by atoms with Crippen LogP contribution in [0, 0.1) is 13.8 Å². The SMILES string of the molecule is Cc1cnc(C(C)(C)C)c(C)c1-n1nc2nc(C(F)(F)F)nc(C(F)(F)F)c2c1N. The smallest absolute Gasteiger partial charge is 0.383 e. The number of aromatic nitrogens is 5. The fourth-order valence-corrected chi connectivity index (χ4v) is 3.32. The summed E-state index contributed by atoms with van der Waals surface area (Å²) >= 11 is 0. The fraction of sp³-hybridized carbons (Fsp3) is 0.444. The van der Waals surface area contributed by atoms with Gasteiger partial charge in [0.05, 0.1) is 16.8 Å². The van der Waals surface area contributed by atoms with Crippen LogP contribution in [0.4, 0.5) is 32.2 Å². The zero-order valence-electron chi connectivity index (χ0n) is 16.7.